The van der Waals surface area contributed by atoms with Crippen molar-refractivity contribution in [2.24, 2.45) is 0 Å². The van der Waals surface area contributed by atoms with Crippen molar-refractivity contribution < 1.29 is 9.59 Å². The summed E-state index contributed by atoms with van der Waals surface area (Å²) in [5.41, 5.74) is 2.70. The molecule has 0 bridgehead atoms. The van der Waals surface area contributed by atoms with Crippen molar-refractivity contribution in [3.63, 3.8) is 0 Å². The first-order valence-electron chi connectivity index (χ1n) is 7.54. The van der Waals surface area contributed by atoms with Gasteiger partial charge in [0.2, 0.25) is 11.8 Å². The predicted molar refractivity (Wildman–Crippen MR) is 90.6 cm³/mol. The smallest absolute Gasteiger partial charge is 0.228 e. The average Bonchev–Trinajstić information content (AvgIpc) is 2.55. The van der Waals surface area contributed by atoms with Crippen molar-refractivity contribution in [3.8, 4) is 0 Å². The number of hydrogen-bond acceptors (Lipinski definition) is 2. The summed E-state index contributed by atoms with van der Waals surface area (Å²) in [6.07, 6.45) is 0.910. The quantitative estimate of drug-likeness (QED) is 0.906. The molecule has 1 aliphatic heterocycles. The van der Waals surface area contributed by atoms with E-state index >= 15 is 0 Å². The largest absolute Gasteiger partial charge is 0.355 e. The van der Waals surface area contributed by atoms with Gasteiger partial charge in [-0.25, -0.2) is 0 Å². The predicted octanol–water partition coefficient (Wildman–Crippen LogP) is 3.12. The van der Waals surface area contributed by atoms with Gasteiger partial charge in [-0.1, -0.05) is 41.9 Å². The van der Waals surface area contributed by atoms with E-state index < -0.39 is 5.92 Å². The van der Waals surface area contributed by atoms with Crippen LogP contribution in [0.3, 0.4) is 0 Å². The summed E-state index contributed by atoms with van der Waals surface area (Å²) in [7, 11) is 0. The van der Waals surface area contributed by atoms with Crippen LogP contribution < -0.4 is 10.6 Å². The lowest BCUT2D eigenvalue weighted by Crippen LogP contribution is -2.35. The van der Waals surface area contributed by atoms with Crippen LogP contribution >= 0.6 is 11.6 Å². The minimum Gasteiger partial charge on any atom is -0.355 e. The number of hydrogen-bond donors (Lipinski definition) is 2. The molecule has 2 aromatic carbocycles. The summed E-state index contributed by atoms with van der Waals surface area (Å²) in [6.45, 7) is 0.529. The van der Waals surface area contributed by atoms with Crippen molar-refractivity contribution in [2.45, 2.75) is 18.8 Å². The molecule has 0 radical (unpaired) electrons. The van der Waals surface area contributed by atoms with Crippen molar-refractivity contribution >= 4 is 29.1 Å². The molecule has 2 N–H and O–H groups in total. The zero-order chi connectivity index (χ0) is 16.2. The SMILES string of the molecule is O=C1CC(C(=O)NCCc2ccc(Cl)cc2)c2ccccc2N1. The summed E-state index contributed by atoms with van der Waals surface area (Å²) < 4.78 is 0. The molecule has 0 saturated heterocycles. The van der Waals surface area contributed by atoms with Crippen LogP contribution in [0.4, 0.5) is 5.69 Å². The monoisotopic (exact) mass is 328 g/mol. The molecule has 0 fully saturated rings. The molecular formula is C18H17ClN2O2. The van der Waals surface area contributed by atoms with E-state index in [1.165, 1.54) is 0 Å². The minimum absolute atomic E-state index is 0.110. The number of para-hydroxylation sites is 1. The summed E-state index contributed by atoms with van der Waals surface area (Å²) in [5.74, 6) is -0.659. The maximum atomic E-state index is 12.4. The molecule has 5 heteroatoms. The zero-order valence-electron chi connectivity index (χ0n) is 12.5. The molecule has 0 aromatic heterocycles. The van der Waals surface area contributed by atoms with Crippen LogP contribution in [0, 0.1) is 0 Å². The summed E-state index contributed by atoms with van der Waals surface area (Å²) >= 11 is 5.85. The third-order valence-electron chi connectivity index (χ3n) is 3.94. The van der Waals surface area contributed by atoms with Crippen LogP contribution in [0.15, 0.2) is 48.5 Å². The minimum atomic E-state index is -0.426. The number of benzene rings is 2. The molecule has 0 aliphatic carbocycles. The Morgan fingerprint density at radius 1 is 1.17 bits per heavy atom. The van der Waals surface area contributed by atoms with Crippen LogP contribution in [0.25, 0.3) is 0 Å². The number of amides is 2. The molecule has 4 nitrogen and oxygen atoms in total. The van der Waals surface area contributed by atoms with Crippen molar-refractivity contribution in [1.29, 1.82) is 0 Å². The first-order chi connectivity index (χ1) is 11.1. The van der Waals surface area contributed by atoms with Crippen molar-refractivity contribution in [3.05, 3.63) is 64.7 Å². The van der Waals surface area contributed by atoms with Crippen LogP contribution in [-0.4, -0.2) is 18.4 Å². The fourth-order valence-corrected chi connectivity index (χ4v) is 2.88. The normalized spacial score (nSPS) is 16.4. The fraction of sp³-hybridized carbons (Fsp3) is 0.222. The highest BCUT2D eigenvalue weighted by atomic mass is 35.5. The summed E-state index contributed by atoms with van der Waals surface area (Å²) in [5, 5.41) is 6.42. The standard InChI is InChI=1S/C18H17ClN2O2/c19-13-7-5-12(6-8-13)9-10-20-18(23)15-11-17(22)21-16-4-2-1-3-14(15)16/h1-8,15H,9-11H2,(H,20,23)(H,21,22). The van der Waals surface area contributed by atoms with Gasteiger partial charge in [0, 0.05) is 23.7 Å². The third kappa shape index (κ3) is 3.71. The highest BCUT2D eigenvalue weighted by molar-refractivity contribution is 6.30. The van der Waals surface area contributed by atoms with E-state index in [1.807, 2.05) is 48.5 Å². The van der Waals surface area contributed by atoms with Gasteiger partial charge in [0.15, 0.2) is 0 Å². The van der Waals surface area contributed by atoms with Crippen molar-refractivity contribution in [2.75, 3.05) is 11.9 Å². The average molecular weight is 329 g/mol. The number of carbonyl (C=O) groups excluding carboxylic acids is 2. The Bertz CT molecular complexity index is 728. The van der Waals surface area contributed by atoms with Gasteiger partial charge in [0.25, 0.3) is 0 Å². The first kappa shape index (κ1) is 15.6. The van der Waals surface area contributed by atoms with E-state index in [2.05, 4.69) is 10.6 Å². The van der Waals surface area contributed by atoms with E-state index in [0.29, 0.717) is 11.6 Å². The number of rotatable bonds is 4. The Kier molecular flexibility index (Phi) is 4.63. The molecule has 1 unspecified atom stereocenters. The maximum Gasteiger partial charge on any atom is 0.228 e. The second kappa shape index (κ2) is 6.84. The maximum absolute atomic E-state index is 12.4. The summed E-state index contributed by atoms with van der Waals surface area (Å²) in [4.78, 5) is 24.2. The number of halogens is 1. The molecule has 3 rings (SSSR count). The first-order valence-corrected chi connectivity index (χ1v) is 7.92. The Morgan fingerprint density at radius 3 is 2.70 bits per heavy atom. The number of nitrogens with one attached hydrogen (secondary N) is 2. The molecule has 1 aliphatic rings. The van der Waals surface area contributed by atoms with Gasteiger partial charge in [-0.3, -0.25) is 9.59 Å². The Morgan fingerprint density at radius 2 is 1.91 bits per heavy atom. The molecular weight excluding hydrogens is 312 g/mol. The topological polar surface area (TPSA) is 58.2 Å². The Labute approximate surface area is 139 Å². The van der Waals surface area contributed by atoms with Gasteiger partial charge in [-0.15, -0.1) is 0 Å². The molecule has 0 spiro atoms. The van der Waals surface area contributed by atoms with E-state index in [4.69, 9.17) is 11.6 Å². The van der Waals surface area contributed by atoms with Crippen LogP contribution in [0.2, 0.25) is 5.02 Å². The van der Waals surface area contributed by atoms with E-state index in [-0.39, 0.29) is 18.2 Å². The van der Waals surface area contributed by atoms with Gasteiger partial charge in [0.1, 0.15) is 0 Å². The lowest BCUT2D eigenvalue weighted by atomic mass is 9.90. The second-order valence-electron chi connectivity index (χ2n) is 5.56. The van der Waals surface area contributed by atoms with Gasteiger partial charge >= 0.3 is 0 Å². The summed E-state index contributed by atoms with van der Waals surface area (Å²) in [6, 6.07) is 15.0. The van der Waals surface area contributed by atoms with Gasteiger partial charge in [-0.05, 0) is 35.7 Å². The molecule has 0 saturated carbocycles. The van der Waals surface area contributed by atoms with Gasteiger partial charge < -0.3 is 10.6 Å². The van der Waals surface area contributed by atoms with Crippen molar-refractivity contribution in [1.82, 2.24) is 5.32 Å². The lowest BCUT2D eigenvalue weighted by molar-refractivity contribution is -0.126. The van der Waals surface area contributed by atoms with E-state index in [9.17, 15) is 9.59 Å². The highest BCUT2D eigenvalue weighted by Crippen LogP contribution is 2.31. The van der Waals surface area contributed by atoms with Crippen LogP contribution in [0.5, 0.6) is 0 Å². The second-order valence-corrected chi connectivity index (χ2v) is 6.00. The van der Waals surface area contributed by atoms with E-state index in [1.54, 1.807) is 0 Å². The molecule has 1 atom stereocenters. The number of fused-ring (bicyclic) bond motifs is 1. The molecule has 1 heterocycles. The molecule has 118 valence electrons. The lowest BCUT2D eigenvalue weighted by Gasteiger charge is -2.24. The van der Waals surface area contributed by atoms with Gasteiger partial charge in [0.05, 0.1) is 5.92 Å². The van der Waals surface area contributed by atoms with Crippen LogP contribution in [0.1, 0.15) is 23.5 Å². The van der Waals surface area contributed by atoms with Crippen LogP contribution in [-0.2, 0) is 16.0 Å². The van der Waals surface area contributed by atoms with E-state index in [0.717, 1.165) is 23.2 Å². The Balaban J connectivity index is 1.62. The molecule has 2 aromatic rings. The van der Waals surface area contributed by atoms with Gasteiger partial charge in [-0.2, -0.15) is 0 Å². The Hall–Kier alpha value is -2.33. The number of carbonyl (C=O) groups is 2. The molecule has 23 heavy (non-hydrogen) atoms. The zero-order valence-corrected chi connectivity index (χ0v) is 13.3. The third-order valence-corrected chi connectivity index (χ3v) is 4.19. The molecule has 2 amide bonds. The highest BCUT2D eigenvalue weighted by Gasteiger charge is 2.29. The number of anilines is 1. The fourth-order valence-electron chi connectivity index (χ4n) is 2.75.